The number of ether oxygens (including phenoxy) is 1. The Kier molecular flexibility index (Phi) is 3.12. The monoisotopic (exact) mass is 182 g/mol. The van der Waals surface area contributed by atoms with Crippen LogP contribution in [-0.4, -0.2) is 11.6 Å². The van der Waals surface area contributed by atoms with Gasteiger partial charge in [-0.25, -0.2) is 4.79 Å². The first-order valence-electron chi connectivity index (χ1n) is 4.96. The van der Waals surface area contributed by atoms with E-state index in [1.807, 2.05) is 0 Å². The Balaban J connectivity index is 2.67. The van der Waals surface area contributed by atoms with Crippen LogP contribution in [0.15, 0.2) is 12.7 Å². The smallest absolute Gasteiger partial charge is 0.330 e. The number of hydrogen-bond acceptors (Lipinski definition) is 2. The first kappa shape index (κ1) is 10.3. The van der Waals surface area contributed by atoms with E-state index < -0.39 is 0 Å². The molecule has 0 saturated heterocycles. The molecule has 0 amide bonds. The Morgan fingerprint density at radius 2 is 2.00 bits per heavy atom. The zero-order valence-corrected chi connectivity index (χ0v) is 8.51. The van der Waals surface area contributed by atoms with Gasteiger partial charge in [0.05, 0.1) is 0 Å². The van der Waals surface area contributed by atoms with Crippen LogP contribution < -0.4 is 0 Å². The number of esters is 1. The minimum Gasteiger partial charge on any atom is -0.456 e. The molecule has 1 aliphatic carbocycles. The van der Waals surface area contributed by atoms with E-state index in [4.69, 9.17) is 4.74 Å². The molecule has 1 saturated carbocycles. The lowest BCUT2D eigenvalue weighted by Crippen LogP contribution is -2.36. The average molecular weight is 182 g/mol. The second-order valence-corrected chi connectivity index (χ2v) is 4.05. The van der Waals surface area contributed by atoms with Crippen LogP contribution >= 0.6 is 0 Å². The van der Waals surface area contributed by atoms with Crippen LogP contribution in [0.2, 0.25) is 0 Å². The Morgan fingerprint density at radius 1 is 1.46 bits per heavy atom. The molecule has 1 aliphatic rings. The lowest BCUT2D eigenvalue weighted by Gasteiger charge is -2.32. The van der Waals surface area contributed by atoms with Crippen molar-refractivity contribution in [2.75, 3.05) is 0 Å². The summed E-state index contributed by atoms with van der Waals surface area (Å²) in [7, 11) is 0. The predicted molar refractivity (Wildman–Crippen MR) is 52.3 cm³/mol. The van der Waals surface area contributed by atoms with Crippen LogP contribution in [0.5, 0.6) is 0 Å². The zero-order valence-electron chi connectivity index (χ0n) is 8.51. The van der Waals surface area contributed by atoms with Gasteiger partial charge in [0.15, 0.2) is 0 Å². The van der Waals surface area contributed by atoms with Crippen molar-refractivity contribution >= 4 is 5.97 Å². The number of carbonyl (C=O) groups is 1. The van der Waals surface area contributed by atoms with Crippen LogP contribution in [-0.2, 0) is 9.53 Å². The van der Waals surface area contributed by atoms with Crippen LogP contribution in [0, 0.1) is 5.92 Å². The lowest BCUT2D eigenvalue weighted by molar-refractivity contribution is -0.157. The van der Waals surface area contributed by atoms with Crippen LogP contribution in [0.4, 0.5) is 0 Å². The van der Waals surface area contributed by atoms with Gasteiger partial charge in [-0.1, -0.05) is 20.4 Å². The molecule has 0 N–H and O–H groups in total. The van der Waals surface area contributed by atoms with Crippen LogP contribution in [0.3, 0.4) is 0 Å². The molecule has 1 rings (SSSR count). The molecule has 0 unspecified atom stereocenters. The highest BCUT2D eigenvalue weighted by atomic mass is 16.6. The predicted octanol–water partition coefficient (Wildman–Crippen LogP) is 2.68. The molecule has 74 valence electrons. The quantitative estimate of drug-likeness (QED) is 0.495. The van der Waals surface area contributed by atoms with Crippen molar-refractivity contribution < 1.29 is 9.53 Å². The summed E-state index contributed by atoms with van der Waals surface area (Å²) in [5, 5.41) is 0. The number of carbonyl (C=O) groups excluding carboxylic acids is 1. The molecule has 2 nitrogen and oxygen atoms in total. The third kappa shape index (κ3) is 2.11. The second-order valence-electron chi connectivity index (χ2n) is 4.05. The fraction of sp³-hybridized carbons (Fsp3) is 0.727. The van der Waals surface area contributed by atoms with E-state index >= 15 is 0 Å². The highest BCUT2D eigenvalue weighted by Gasteiger charge is 2.39. The molecular weight excluding hydrogens is 164 g/mol. The maximum absolute atomic E-state index is 11.1. The molecule has 0 aromatic heterocycles. The summed E-state index contributed by atoms with van der Waals surface area (Å²) in [6.07, 6.45) is 5.60. The fourth-order valence-electron chi connectivity index (χ4n) is 2.01. The molecule has 0 aromatic carbocycles. The topological polar surface area (TPSA) is 26.3 Å². The molecule has 0 aliphatic heterocycles. The Morgan fingerprint density at radius 3 is 2.38 bits per heavy atom. The highest BCUT2D eigenvalue weighted by Crippen LogP contribution is 2.39. The van der Waals surface area contributed by atoms with Crippen molar-refractivity contribution in [2.24, 2.45) is 5.92 Å². The Hall–Kier alpha value is -0.790. The summed E-state index contributed by atoms with van der Waals surface area (Å²) in [6, 6.07) is 0. The van der Waals surface area contributed by atoms with Gasteiger partial charge in [0.25, 0.3) is 0 Å². The zero-order chi connectivity index (χ0) is 9.90. The van der Waals surface area contributed by atoms with E-state index in [9.17, 15) is 4.79 Å². The van der Waals surface area contributed by atoms with Gasteiger partial charge in [0.2, 0.25) is 0 Å². The fourth-order valence-corrected chi connectivity index (χ4v) is 2.01. The van der Waals surface area contributed by atoms with Crippen molar-refractivity contribution in [3.05, 3.63) is 12.7 Å². The standard InChI is InChI=1S/C11H18O2/c1-4-10(12)13-11(9(2)3)7-5-6-8-11/h4,9H,1,5-8H2,2-3H3. The third-order valence-electron chi connectivity index (χ3n) is 2.97. The minimum atomic E-state index is -0.282. The maximum atomic E-state index is 11.1. The van der Waals surface area contributed by atoms with Crippen molar-refractivity contribution in [1.82, 2.24) is 0 Å². The van der Waals surface area contributed by atoms with Crippen molar-refractivity contribution in [3.63, 3.8) is 0 Å². The number of hydrogen-bond donors (Lipinski definition) is 0. The Labute approximate surface area is 80.0 Å². The van der Waals surface area contributed by atoms with Crippen LogP contribution in [0.1, 0.15) is 39.5 Å². The molecule has 2 heteroatoms. The molecule has 13 heavy (non-hydrogen) atoms. The first-order chi connectivity index (χ1) is 6.10. The van der Waals surface area contributed by atoms with Gasteiger partial charge >= 0.3 is 5.97 Å². The summed E-state index contributed by atoms with van der Waals surface area (Å²) >= 11 is 0. The van der Waals surface area contributed by atoms with Crippen molar-refractivity contribution in [1.29, 1.82) is 0 Å². The summed E-state index contributed by atoms with van der Waals surface area (Å²) in [5.74, 6) is 0.120. The maximum Gasteiger partial charge on any atom is 0.330 e. The van der Waals surface area contributed by atoms with E-state index in [1.165, 1.54) is 18.9 Å². The SMILES string of the molecule is C=CC(=O)OC1(C(C)C)CCCC1. The molecule has 0 atom stereocenters. The van der Waals surface area contributed by atoms with E-state index in [0.717, 1.165) is 12.8 Å². The lowest BCUT2D eigenvalue weighted by atomic mass is 9.88. The summed E-state index contributed by atoms with van der Waals surface area (Å²) in [4.78, 5) is 11.1. The van der Waals surface area contributed by atoms with Crippen molar-refractivity contribution in [2.45, 2.75) is 45.1 Å². The molecule has 0 bridgehead atoms. The number of rotatable bonds is 3. The van der Waals surface area contributed by atoms with Gasteiger partial charge in [-0.15, -0.1) is 0 Å². The van der Waals surface area contributed by atoms with E-state index in [0.29, 0.717) is 5.92 Å². The normalized spacial score (nSPS) is 20.2. The highest BCUT2D eigenvalue weighted by molar-refractivity contribution is 5.81. The first-order valence-corrected chi connectivity index (χ1v) is 4.96. The van der Waals surface area contributed by atoms with Gasteiger partial charge in [-0.3, -0.25) is 0 Å². The van der Waals surface area contributed by atoms with Gasteiger partial charge in [-0.2, -0.15) is 0 Å². The van der Waals surface area contributed by atoms with Gasteiger partial charge in [-0.05, 0) is 31.6 Å². The molecule has 1 fully saturated rings. The van der Waals surface area contributed by atoms with Crippen molar-refractivity contribution in [3.8, 4) is 0 Å². The van der Waals surface area contributed by atoms with Gasteiger partial charge < -0.3 is 4.74 Å². The van der Waals surface area contributed by atoms with E-state index in [1.54, 1.807) is 0 Å². The summed E-state index contributed by atoms with van der Waals surface area (Å²) in [6.45, 7) is 7.64. The largest absolute Gasteiger partial charge is 0.456 e. The van der Waals surface area contributed by atoms with E-state index in [-0.39, 0.29) is 11.6 Å². The molecular formula is C11H18O2. The van der Waals surface area contributed by atoms with Gasteiger partial charge in [0.1, 0.15) is 5.60 Å². The third-order valence-corrected chi connectivity index (χ3v) is 2.97. The molecule has 0 spiro atoms. The second kappa shape index (κ2) is 3.95. The summed E-state index contributed by atoms with van der Waals surface area (Å²) in [5.41, 5.74) is -0.203. The van der Waals surface area contributed by atoms with Gasteiger partial charge in [0, 0.05) is 6.08 Å². The van der Waals surface area contributed by atoms with E-state index in [2.05, 4.69) is 20.4 Å². The van der Waals surface area contributed by atoms with Crippen LogP contribution in [0.25, 0.3) is 0 Å². The summed E-state index contributed by atoms with van der Waals surface area (Å²) < 4.78 is 5.45. The Bertz CT molecular complexity index is 200. The minimum absolute atomic E-state index is 0.203. The average Bonchev–Trinajstić information content (AvgIpc) is 2.54. The molecule has 0 aromatic rings. The molecule has 0 heterocycles. The molecule has 0 radical (unpaired) electrons.